The lowest BCUT2D eigenvalue weighted by atomic mass is 10.0. The Hall–Kier alpha value is -5.08. The van der Waals surface area contributed by atoms with E-state index in [1.807, 2.05) is 0 Å². The van der Waals surface area contributed by atoms with Crippen molar-refractivity contribution in [1.29, 1.82) is 0 Å². The van der Waals surface area contributed by atoms with Gasteiger partial charge in [-0.05, 0) is 82.9 Å². The van der Waals surface area contributed by atoms with Gasteiger partial charge in [0, 0.05) is 35.5 Å². The molecule has 0 aliphatic carbocycles. The van der Waals surface area contributed by atoms with Gasteiger partial charge in [0.15, 0.2) is 0 Å². The van der Waals surface area contributed by atoms with Crippen LogP contribution in [-0.4, -0.2) is 7.05 Å². The minimum atomic E-state index is 1.13. The number of hydrogen-bond donors (Lipinski definition) is 0. The van der Waals surface area contributed by atoms with E-state index in [-0.39, 0.29) is 0 Å². The van der Waals surface area contributed by atoms with Gasteiger partial charge >= 0.3 is 0 Å². The normalized spacial score (nSPS) is 10.7. The zero-order chi connectivity index (χ0) is 26.4. The highest BCUT2D eigenvalue weighted by Crippen LogP contribution is 2.36. The summed E-state index contributed by atoms with van der Waals surface area (Å²) in [6.45, 7) is 0. The molecule has 2 nitrogen and oxygen atoms in total. The second kappa shape index (κ2) is 11.1. The van der Waals surface area contributed by atoms with Crippen LogP contribution in [0.5, 0.6) is 0 Å². The number of benzene rings is 6. The van der Waals surface area contributed by atoms with Crippen molar-refractivity contribution >= 4 is 28.4 Å². The van der Waals surface area contributed by atoms with Gasteiger partial charge in [0.05, 0.1) is 0 Å². The quantitative estimate of drug-likeness (QED) is 0.214. The molecule has 0 aliphatic rings. The smallest absolute Gasteiger partial charge is 0.0462 e. The van der Waals surface area contributed by atoms with E-state index in [0.717, 1.165) is 28.4 Å². The minimum Gasteiger partial charge on any atom is -0.345 e. The van der Waals surface area contributed by atoms with Crippen molar-refractivity contribution in [3.8, 4) is 22.3 Å². The summed E-state index contributed by atoms with van der Waals surface area (Å²) in [6, 6.07) is 57.8. The van der Waals surface area contributed by atoms with Crippen molar-refractivity contribution in [2.24, 2.45) is 0 Å². The van der Waals surface area contributed by atoms with E-state index in [0.29, 0.717) is 0 Å². The molecule has 0 N–H and O–H groups in total. The van der Waals surface area contributed by atoms with E-state index < -0.39 is 0 Å². The van der Waals surface area contributed by atoms with Gasteiger partial charge in [-0.2, -0.15) is 0 Å². The first-order valence-corrected chi connectivity index (χ1v) is 13.3. The SMILES string of the molecule is CN(c1ccc(-c2ccc(N(c3ccccc3)c3ccccc3)cc2)cc1)c1cccc(-c2ccccc2)c1. The van der Waals surface area contributed by atoms with Gasteiger partial charge in [-0.25, -0.2) is 0 Å². The molecule has 39 heavy (non-hydrogen) atoms. The molecule has 2 heteroatoms. The molecule has 0 atom stereocenters. The second-order valence-corrected chi connectivity index (χ2v) is 9.58. The maximum absolute atomic E-state index is 2.28. The van der Waals surface area contributed by atoms with Gasteiger partial charge in [-0.3, -0.25) is 0 Å². The molecule has 0 amide bonds. The van der Waals surface area contributed by atoms with E-state index >= 15 is 0 Å². The fourth-order valence-electron chi connectivity index (χ4n) is 4.96. The zero-order valence-electron chi connectivity index (χ0n) is 22.0. The fraction of sp³-hybridized carbons (Fsp3) is 0.0270. The molecular formula is C37H30N2. The average Bonchev–Trinajstić information content (AvgIpc) is 3.03. The molecule has 0 heterocycles. The van der Waals surface area contributed by atoms with Crippen LogP contribution in [0.3, 0.4) is 0 Å². The van der Waals surface area contributed by atoms with E-state index in [2.05, 4.69) is 181 Å². The van der Waals surface area contributed by atoms with Gasteiger partial charge in [0.2, 0.25) is 0 Å². The summed E-state index contributed by atoms with van der Waals surface area (Å²) < 4.78 is 0. The van der Waals surface area contributed by atoms with Crippen molar-refractivity contribution in [3.63, 3.8) is 0 Å². The van der Waals surface area contributed by atoms with Gasteiger partial charge in [0.25, 0.3) is 0 Å². The Kier molecular flexibility index (Phi) is 6.92. The Morgan fingerprint density at radius 2 is 0.692 bits per heavy atom. The molecule has 188 valence electrons. The Morgan fingerprint density at radius 1 is 0.308 bits per heavy atom. The summed E-state index contributed by atoms with van der Waals surface area (Å²) >= 11 is 0. The van der Waals surface area contributed by atoms with Crippen LogP contribution in [0.2, 0.25) is 0 Å². The number of nitrogens with zero attached hydrogens (tertiary/aromatic N) is 2. The largest absolute Gasteiger partial charge is 0.345 e. The Balaban J connectivity index is 1.24. The standard InChI is InChI=1S/C37H30N2/c1-38(37-19-11-14-32(28-37)29-12-5-2-6-13-29)33-24-20-30(21-25-33)31-22-26-36(27-23-31)39(34-15-7-3-8-16-34)35-17-9-4-10-18-35/h2-28H,1H3. The third kappa shape index (κ3) is 5.32. The molecule has 6 aromatic rings. The fourth-order valence-corrected chi connectivity index (χ4v) is 4.96. The Morgan fingerprint density at radius 3 is 1.23 bits per heavy atom. The topological polar surface area (TPSA) is 6.48 Å². The molecule has 0 spiro atoms. The molecule has 0 saturated carbocycles. The lowest BCUT2D eigenvalue weighted by Crippen LogP contribution is -2.09. The van der Waals surface area contributed by atoms with Gasteiger partial charge < -0.3 is 9.80 Å². The van der Waals surface area contributed by atoms with E-state index in [1.165, 1.54) is 22.3 Å². The molecule has 6 aromatic carbocycles. The van der Waals surface area contributed by atoms with Gasteiger partial charge in [-0.15, -0.1) is 0 Å². The highest BCUT2D eigenvalue weighted by atomic mass is 15.1. The third-order valence-corrected chi connectivity index (χ3v) is 7.08. The predicted molar refractivity (Wildman–Crippen MR) is 167 cm³/mol. The average molecular weight is 503 g/mol. The summed E-state index contributed by atoms with van der Waals surface area (Å²) in [5.74, 6) is 0. The monoisotopic (exact) mass is 502 g/mol. The van der Waals surface area contributed by atoms with Crippen molar-refractivity contribution in [2.45, 2.75) is 0 Å². The summed E-state index contributed by atoms with van der Waals surface area (Å²) in [5.41, 5.74) is 10.6. The van der Waals surface area contributed by atoms with Crippen molar-refractivity contribution in [1.82, 2.24) is 0 Å². The lowest BCUT2D eigenvalue weighted by Gasteiger charge is -2.25. The summed E-state index contributed by atoms with van der Waals surface area (Å²) in [5, 5.41) is 0. The summed E-state index contributed by atoms with van der Waals surface area (Å²) in [6.07, 6.45) is 0. The highest BCUT2D eigenvalue weighted by molar-refractivity contribution is 5.79. The van der Waals surface area contributed by atoms with E-state index in [1.54, 1.807) is 0 Å². The van der Waals surface area contributed by atoms with Crippen LogP contribution in [0.25, 0.3) is 22.3 Å². The zero-order valence-corrected chi connectivity index (χ0v) is 22.0. The van der Waals surface area contributed by atoms with Crippen molar-refractivity contribution < 1.29 is 0 Å². The Bertz CT molecular complexity index is 1590. The van der Waals surface area contributed by atoms with Crippen LogP contribution in [0, 0.1) is 0 Å². The molecule has 0 fully saturated rings. The first kappa shape index (κ1) is 24.3. The molecule has 0 bridgehead atoms. The molecule has 0 radical (unpaired) electrons. The number of rotatable bonds is 7. The number of anilines is 5. The molecule has 0 aliphatic heterocycles. The third-order valence-electron chi connectivity index (χ3n) is 7.08. The molecule has 0 aromatic heterocycles. The molecule has 6 rings (SSSR count). The van der Waals surface area contributed by atoms with Crippen LogP contribution >= 0.6 is 0 Å². The van der Waals surface area contributed by atoms with Gasteiger partial charge in [-0.1, -0.05) is 103 Å². The van der Waals surface area contributed by atoms with Crippen LogP contribution in [-0.2, 0) is 0 Å². The minimum absolute atomic E-state index is 1.13. The lowest BCUT2D eigenvalue weighted by molar-refractivity contribution is 1.21. The van der Waals surface area contributed by atoms with Crippen molar-refractivity contribution in [3.05, 3.63) is 164 Å². The van der Waals surface area contributed by atoms with E-state index in [9.17, 15) is 0 Å². The Labute approximate surface area is 231 Å². The number of hydrogen-bond acceptors (Lipinski definition) is 2. The summed E-state index contributed by atoms with van der Waals surface area (Å²) in [4.78, 5) is 4.52. The molecule has 0 saturated heterocycles. The second-order valence-electron chi connectivity index (χ2n) is 9.58. The van der Waals surface area contributed by atoms with Crippen LogP contribution < -0.4 is 9.80 Å². The number of para-hydroxylation sites is 2. The van der Waals surface area contributed by atoms with Gasteiger partial charge in [0.1, 0.15) is 0 Å². The predicted octanol–water partition coefficient (Wildman–Crippen LogP) is 10.3. The highest BCUT2D eigenvalue weighted by Gasteiger charge is 2.12. The first-order chi connectivity index (χ1) is 19.3. The molecule has 0 unspecified atom stereocenters. The van der Waals surface area contributed by atoms with Crippen LogP contribution in [0.4, 0.5) is 28.4 Å². The van der Waals surface area contributed by atoms with E-state index in [4.69, 9.17) is 0 Å². The first-order valence-electron chi connectivity index (χ1n) is 13.3. The maximum atomic E-state index is 2.28. The van der Waals surface area contributed by atoms with Crippen molar-refractivity contribution in [2.75, 3.05) is 16.8 Å². The summed E-state index contributed by atoms with van der Waals surface area (Å²) in [7, 11) is 2.12. The molecular weight excluding hydrogens is 472 g/mol. The maximum Gasteiger partial charge on any atom is 0.0462 e. The van der Waals surface area contributed by atoms with Crippen LogP contribution in [0.15, 0.2) is 164 Å². The van der Waals surface area contributed by atoms with Crippen LogP contribution in [0.1, 0.15) is 0 Å².